The first-order valence-electron chi connectivity index (χ1n) is 5.05. The Morgan fingerprint density at radius 3 is 2.13 bits per heavy atom. The third-order valence-corrected chi connectivity index (χ3v) is 3.73. The lowest BCUT2D eigenvalue weighted by Crippen LogP contribution is -2.45. The van der Waals surface area contributed by atoms with E-state index < -0.39 is 0 Å². The molecule has 0 heterocycles. The molecule has 2 nitrogen and oxygen atoms in total. The van der Waals surface area contributed by atoms with Gasteiger partial charge in [-0.05, 0) is 23.6 Å². The van der Waals surface area contributed by atoms with Crippen LogP contribution in [-0.4, -0.2) is 20.0 Å². The highest BCUT2D eigenvalue weighted by molar-refractivity contribution is 9.10. The molecule has 0 aromatic heterocycles. The first-order valence-corrected chi connectivity index (χ1v) is 5.84. The highest BCUT2D eigenvalue weighted by atomic mass is 79.9. The molecule has 1 aliphatic carbocycles. The fourth-order valence-electron chi connectivity index (χ4n) is 2.08. The van der Waals surface area contributed by atoms with Gasteiger partial charge in [-0.3, -0.25) is 0 Å². The third-order valence-electron chi connectivity index (χ3n) is 3.20. The number of rotatable bonds is 3. The summed E-state index contributed by atoms with van der Waals surface area (Å²) in [5.41, 5.74) is 1.36. The minimum absolute atomic E-state index is 0.336. The standard InChI is InChI=1S/C12H15BrO2/c1-14-12(15-2)7-10(8-12)9-3-5-11(13)6-4-9/h3-6,10H,7-8H2,1-2H3. The Balaban J connectivity index is 2.02. The summed E-state index contributed by atoms with van der Waals surface area (Å²) in [6.07, 6.45) is 1.89. The number of benzene rings is 1. The van der Waals surface area contributed by atoms with Crippen molar-refractivity contribution < 1.29 is 9.47 Å². The summed E-state index contributed by atoms with van der Waals surface area (Å²) in [7, 11) is 3.42. The van der Waals surface area contributed by atoms with E-state index in [-0.39, 0.29) is 5.79 Å². The highest BCUT2D eigenvalue weighted by Crippen LogP contribution is 2.47. The number of ether oxygens (including phenoxy) is 2. The van der Waals surface area contributed by atoms with E-state index >= 15 is 0 Å². The molecule has 1 fully saturated rings. The summed E-state index contributed by atoms with van der Waals surface area (Å²) in [5, 5.41) is 0. The van der Waals surface area contributed by atoms with Crippen molar-refractivity contribution in [3.05, 3.63) is 34.3 Å². The van der Waals surface area contributed by atoms with Gasteiger partial charge in [0.05, 0.1) is 0 Å². The van der Waals surface area contributed by atoms with E-state index in [0.717, 1.165) is 17.3 Å². The number of hydrogen-bond acceptors (Lipinski definition) is 2. The summed E-state index contributed by atoms with van der Waals surface area (Å²) in [6.45, 7) is 0. The van der Waals surface area contributed by atoms with E-state index in [1.807, 2.05) is 0 Å². The highest BCUT2D eigenvalue weighted by Gasteiger charge is 2.45. The first-order chi connectivity index (χ1) is 7.19. The zero-order valence-corrected chi connectivity index (χ0v) is 10.6. The molecule has 15 heavy (non-hydrogen) atoms. The van der Waals surface area contributed by atoms with Gasteiger partial charge in [-0.2, -0.15) is 0 Å². The van der Waals surface area contributed by atoms with Crippen molar-refractivity contribution in [1.82, 2.24) is 0 Å². The summed E-state index contributed by atoms with van der Waals surface area (Å²) < 4.78 is 11.9. The Bertz CT molecular complexity index is 322. The van der Waals surface area contributed by atoms with Crippen LogP contribution in [0, 0.1) is 0 Å². The van der Waals surface area contributed by atoms with Crippen molar-refractivity contribution in [3.63, 3.8) is 0 Å². The van der Waals surface area contributed by atoms with Gasteiger partial charge in [0.15, 0.2) is 5.79 Å². The molecule has 0 unspecified atom stereocenters. The number of methoxy groups -OCH3 is 2. The van der Waals surface area contributed by atoms with Crippen molar-refractivity contribution in [1.29, 1.82) is 0 Å². The molecule has 82 valence electrons. The molecule has 0 bridgehead atoms. The van der Waals surface area contributed by atoms with Crippen LogP contribution in [0.4, 0.5) is 0 Å². The lowest BCUT2D eigenvalue weighted by molar-refractivity contribution is -0.257. The van der Waals surface area contributed by atoms with Crippen LogP contribution in [-0.2, 0) is 9.47 Å². The van der Waals surface area contributed by atoms with Gasteiger partial charge in [0, 0.05) is 31.5 Å². The van der Waals surface area contributed by atoms with E-state index in [1.165, 1.54) is 5.56 Å². The molecule has 1 aromatic carbocycles. The second-order valence-electron chi connectivity index (χ2n) is 3.98. The van der Waals surface area contributed by atoms with Gasteiger partial charge in [0.2, 0.25) is 0 Å². The second-order valence-corrected chi connectivity index (χ2v) is 4.89. The zero-order valence-electron chi connectivity index (χ0n) is 9.00. The van der Waals surface area contributed by atoms with Crippen LogP contribution in [0.1, 0.15) is 24.3 Å². The molecule has 0 saturated heterocycles. The third kappa shape index (κ3) is 2.10. The Labute approximate surface area is 98.7 Å². The fourth-order valence-corrected chi connectivity index (χ4v) is 2.34. The van der Waals surface area contributed by atoms with Crippen LogP contribution >= 0.6 is 15.9 Å². The van der Waals surface area contributed by atoms with Crippen LogP contribution in [0.3, 0.4) is 0 Å². The maximum atomic E-state index is 5.37. The molecule has 0 N–H and O–H groups in total. The van der Waals surface area contributed by atoms with Crippen molar-refractivity contribution in [2.45, 2.75) is 24.5 Å². The predicted octanol–water partition coefficient (Wildman–Crippen LogP) is 3.32. The smallest absolute Gasteiger partial charge is 0.168 e. The Morgan fingerprint density at radius 2 is 1.67 bits per heavy atom. The SMILES string of the molecule is COC1(OC)CC(c2ccc(Br)cc2)C1. The number of hydrogen-bond donors (Lipinski definition) is 0. The Hall–Kier alpha value is -0.380. The maximum Gasteiger partial charge on any atom is 0.168 e. The topological polar surface area (TPSA) is 18.5 Å². The van der Waals surface area contributed by atoms with Crippen LogP contribution in [0.5, 0.6) is 0 Å². The molecule has 3 heteroatoms. The molecular weight excluding hydrogens is 256 g/mol. The molecule has 2 rings (SSSR count). The van der Waals surface area contributed by atoms with Gasteiger partial charge in [-0.15, -0.1) is 0 Å². The van der Waals surface area contributed by atoms with Gasteiger partial charge >= 0.3 is 0 Å². The van der Waals surface area contributed by atoms with E-state index in [2.05, 4.69) is 40.2 Å². The summed E-state index contributed by atoms with van der Waals surface area (Å²) in [4.78, 5) is 0. The fraction of sp³-hybridized carbons (Fsp3) is 0.500. The van der Waals surface area contributed by atoms with Crippen molar-refractivity contribution in [2.75, 3.05) is 14.2 Å². The van der Waals surface area contributed by atoms with Crippen molar-refractivity contribution >= 4 is 15.9 Å². The minimum atomic E-state index is -0.336. The normalized spacial score (nSPS) is 19.9. The molecule has 0 radical (unpaired) electrons. The van der Waals surface area contributed by atoms with Crippen molar-refractivity contribution in [3.8, 4) is 0 Å². The van der Waals surface area contributed by atoms with E-state index in [0.29, 0.717) is 5.92 Å². The molecule has 0 atom stereocenters. The maximum absolute atomic E-state index is 5.37. The average Bonchev–Trinajstić information content (AvgIpc) is 2.20. The summed E-state index contributed by atoms with van der Waals surface area (Å²) in [6, 6.07) is 8.47. The first kappa shape index (κ1) is 11.1. The van der Waals surface area contributed by atoms with Gasteiger partial charge < -0.3 is 9.47 Å². The Kier molecular flexibility index (Phi) is 3.14. The average molecular weight is 271 g/mol. The van der Waals surface area contributed by atoms with Crippen LogP contribution in [0.2, 0.25) is 0 Å². The lowest BCUT2D eigenvalue weighted by atomic mass is 9.74. The number of halogens is 1. The van der Waals surface area contributed by atoms with E-state index in [1.54, 1.807) is 14.2 Å². The molecule has 1 aliphatic rings. The second kappa shape index (κ2) is 4.24. The summed E-state index contributed by atoms with van der Waals surface area (Å²) in [5.74, 6) is 0.232. The van der Waals surface area contributed by atoms with E-state index in [9.17, 15) is 0 Å². The minimum Gasteiger partial charge on any atom is -0.353 e. The zero-order chi connectivity index (χ0) is 10.9. The van der Waals surface area contributed by atoms with Crippen LogP contribution in [0.25, 0.3) is 0 Å². The van der Waals surface area contributed by atoms with Gasteiger partial charge in [0.25, 0.3) is 0 Å². The van der Waals surface area contributed by atoms with Crippen LogP contribution in [0.15, 0.2) is 28.7 Å². The van der Waals surface area contributed by atoms with E-state index in [4.69, 9.17) is 9.47 Å². The van der Waals surface area contributed by atoms with Crippen molar-refractivity contribution in [2.24, 2.45) is 0 Å². The molecule has 0 amide bonds. The largest absolute Gasteiger partial charge is 0.353 e. The molecule has 1 saturated carbocycles. The van der Waals surface area contributed by atoms with Gasteiger partial charge in [-0.25, -0.2) is 0 Å². The van der Waals surface area contributed by atoms with Crippen LogP contribution < -0.4 is 0 Å². The Morgan fingerprint density at radius 1 is 1.13 bits per heavy atom. The molecule has 0 aliphatic heterocycles. The van der Waals surface area contributed by atoms with Gasteiger partial charge in [-0.1, -0.05) is 28.1 Å². The molecular formula is C12H15BrO2. The monoisotopic (exact) mass is 270 g/mol. The predicted molar refractivity (Wildman–Crippen MR) is 62.9 cm³/mol. The van der Waals surface area contributed by atoms with Gasteiger partial charge in [0.1, 0.15) is 0 Å². The molecule has 1 aromatic rings. The molecule has 0 spiro atoms. The summed E-state index contributed by atoms with van der Waals surface area (Å²) >= 11 is 3.43. The quantitative estimate of drug-likeness (QED) is 0.785. The lowest BCUT2D eigenvalue weighted by Gasteiger charge is -2.45.